The molecule has 2 heterocycles. The van der Waals surface area contributed by atoms with E-state index in [2.05, 4.69) is 10.2 Å². The van der Waals surface area contributed by atoms with Crippen molar-refractivity contribution in [2.45, 2.75) is 37.3 Å². The van der Waals surface area contributed by atoms with Crippen LogP contribution in [0.2, 0.25) is 0 Å². The average molecular weight is 361 g/mol. The van der Waals surface area contributed by atoms with Gasteiger partial charge in [-0.1, -0.05) is 36.7 Å². The van der Waals surface area contributed by atoms with Gasteiger partial charge < -0.3 is 14.1 Å². The highest BCUT2D eigenvalue weighted by molar-refractivity contribution is 7.99. The van der Waals surface area contributed by atoms with Crippen LogP contribution in [0.1, 0.15) is 37.1 Å². The molecule has 1 aromatic heterocycles. The van der Waals surface area contributed by atoms with Crippen LogP contribution in [0.3, 0.4) is 0 Å². The molecule has 0 atom stereocenters. The molecule has 1 aliphatic heterocycles. The number of nitrogens with zero attached hydrogens (tertiary/aromatic N) is 3. The number of carbonyl (C=O) groups is 1. The lowest BCUT2D eigenvalue weighted by molar-refractivity contribution is -0.128. The third kappa shape index (κ3) is 5.22. The van der Waals surface area contributed by atoms with E-state index in [0.29, 0.717) is 23.3 Å². The van der Waals surface area contributed by atoms with Gasteiger partial charge in [-0.2, -0.15) is 0 Å². The molecular weight excluding hydrogens is 338 g/mol. The van der Waals surface area contributed by atoms with E-state index in [1.807, 2.05) is 29.2 Å². The SMILES string of the molecule is COc1ccc(Cc2nnc(SCC(=O)N3CCCCCC3)o2)cc1. The second kappa shape index (κ2) is 8.89. The molecule has 1 amide bonds. The predicted molar refractivity (Wildman–Crippen MR) is 95.9 cm³/mol. The Labute approximate surface area is 151 Å². The first-order valence-corrected chi connectivity index (χ1v) is 9.59. The largest absolute Gasteiger partial charge is 0.497 e. The molecule has 134 valence electrons. The second-order valence-corrected chi connectivity index (χ2v) is 7.00. The van der Waals surface area contributed by atoms with Crippen LogP contribution in [0, 0.1) is 0 Å². The highest BCUT2D eigenvalue weighted by Gasteiger charge is 2.17. The van der Waals surface area contributed by atoms with Crippen molar-refractivity contribution in [3.63, 3.8) is 0 Å². The number of thioether (sulfide) groups is 1. The average Bonchev–Trinajstić information content (AvgIpc) is 2.91. The fourth-order valence-corrected chi connectivity index (χ4v) is 3.50. The Kier molecular flexibility index (Phi) is 6.33. The van der Waals surface area contributed by atoms with Crippen molar-refractivity contribution in [2.75, 3.05) is 26.0 Å². The molecule has 1 fully saturated rings. The first-order chi connectivity index (χ1) is 12.2. The number of aromatic nitrogens is 2. The summed E-state index contributed by atoms with van der Waals surface area (Å²) in [6.45, 7) is 1.73. The van der Waals surface area contributed by atoms with E-state index in [9.17, 15) is 4.79 Å². The van der Waals surface area contributed by atoms with Gasteiger partial charge >= 0.3 is 0 Å². The molecule has 7 heteroatoms. The Morgan fingerprint density at radius 1 is 1.16 bits per heavy atom. The Morgan fingerprint density at radius 3 is 2.56 bits per heavy atom. The van der Waals surface area contributed by atoms with E-state index in [0.717, 1.165) is 37.2 Å². The quantitative estimate of drug-likeness (QED) is 0.736. The number of carbonyl (C=O) groups excluding carboxylic acids is 1. The zero-order chi connectivity index (χ0) is 17.5. The summed E-state index contributed by atoms with van der Waals surface area (Å²) in [5.41, 5.74) is 1.07. The minimum atomic E-state index is 0.154. The fraction of sp³-hybridized carbons (Fsp3) is 0.500. The topological polar surface area (TPSA) is 68.5 Å². The molecule has 1 saturated heterocycles. The second-order valence-electron chi connectivity index (χ2n) is 6.07. The summed E-state index contributed by atoms with van der Waals surface area (Å²) in [7, 11) is 1.64. The Morgan fingerprint density at radius 2 is 1.88 bits per heavy atom. The minimum Gasteiger partial charge on any atom is -0.497 e. The van der Waals surface area contributed by atoms with E-state index in [1.54, 1.807) is 7.11 Å². The van der Waals surface area contributed by atoms with Crippen molar-refractivity contribution >= 4 is 17.7 Å². The van der Waals surface area contributed by atoms with Gasteiger partial charge in [0.2, 0.25) is 11.8 Å². The standard InChI is InChI=1S/C18H23N3O3S/c1-23-15-8-6-14(7-9-15)12-16-19-20-18(24-16)25-13-17(22)21-10-4-2-3-5-11-21/h6-9H,2-5,10-13H2,1H3. The van der Waals surface area contributed by atoms with Crippen LogP contribution >= 0.6 is 11.8 Å². The lowest BCUT2D eigenvalue weighted by Gasteiger charge is -2.19. The molecule has 6 nitrogen and oxygen atoms in total. The Bertz CT molecular complexity index is 679. The number of ether oxygens (including phenoxy) is 1. The highest BCUT2D eigenvalue weighted by atomic mass is 32.2. The summed E-state index contributed by atoms with van der Waals surface area (Å²) >= 11 is 1.31. The van der Waals surface area contributed by atoms with Gasteiger partial charge in [0.15, 0.2) is 0 Å². The van der Waals surface area contributed by atoms with E-state index in [-0.39, 0.29) is 5.91 Å². The molecule has 2 aromatic rings. The summed E-state index contributed by atoms with van der Waals surface area (Å²) in [5.74, 6) is 1.87. The predicted octanol–water partition coefficient (Wildman–Crippen LogP) is 3.16. The molecular formula is C18H23N3O3S. The summed E-state index contributed by atoms with van der Waals surface area (Å²) in [6.07, 6.45) is 5.20. The molecule has 1 aromatic carbocycles. The van der Waals surface area contributed by atoms with Gasteiger partial charge in [0.1, 0.15) is 5.75 Å². The van der Waals surface area contributed by atoms with E-state index in [1.165, 1.54) is 24.6 Å². The molecule has 1 aliphatic rings. The summed E-state index contributed by atoms with van der Waals surface area (Å²) in [6, 6.07) is 7.75. The van der Waals surface area contributed by atoms with Crippen molar-refractivity contribution < 1.29 is 13.9 Å². The number of hydrogen-bond donors (Lipinski definition) is 0. The van der Waals surface area contributed by atoms with Crippen molar-refractivity contribution in [1.29, 1.82) is 0 Å². The van der Waals surface area contributed by atoms with Crippen LogP contribution < -0.4 is 4.74 Å². The molecule has 0 spiro atoms. The molecule has 0 aliphatic carbocycles. The molecule has 3 rings (SSSR count). The number of likely N-dealkylation sites (tertiary alicyclic amines) is 1. The van der Waals surface area contributed by atoms with Crippen molar-refractivity contribution in [3.05, 3.63) is 35.7 Å². The fourth-order valence-electron chi connectivity index (χ4n) is 2.82. The van der Waals surface area contributed by atoms with Crippen LogP contribution in [0.25, 0.3) is 0 Å². The lowest BCUT2D eigenvalue weighted by atomic mass is 10.1. The number of amides is 1. The van der Waals surface area contributed by atoms with Crippen molar-refractivity contribution in [1.82, 2.24) is 15.1 Å². The number of benzene rings is 1. The summed E-state index contributed by atoms with van der Waals surface area (Å²) in [4.78, 5) is 14.2. The monoisotopic (exact) mass is 361 g/mol. The molecule has 0 saturated carbocycles. The van der Waals surface area contributed by atoms with Crippen LogP contribution in [0.15, 0.2) is 33.9 Å². The zero-order valence-corrected chi connectivity index (χ0v) is 15.3. The Hall–Kier alpha value is -2.02. The van der Waals surface area contributed by atoms with Crippen LogP contribution in [0.4, 0.5) is 0 Å². The minimum absolute atomic E-state index is 0.154. The van der Waals surface area contributed by atoms with Crippen LogP contribution in [-0.2, 0) is 11.2 Å². The first kappa shape index (κ1) is 17.8. The van der Waals surface area contributed by atoms with E-state index < -0.39 is 0 Å². The van der Waals surface area contributed by atoms with E-state index >= 15 is 0 Å². The summed E-state index contributed by atoms with van der Waals surface area (Å²) in [5, 5.41) is 8.55. The van der Waals surface area contributed by atoms with Gasteiger partial charge in [-0.05, 0) is 30.5 Å². The smallest absolute Gasteiger partial charge is 0.277 e. The number of rotatable bonds is 6. The highest BCUT2D eigenvalue weighted by Crippen LogP contribution is 2.20. The summed E-state index contributed by atoms with van der Waals surface area (Å²) < 4.78 is 10.8. The van der Waals surface area contributed by atoms with Gasteiger partial charge in [0, 0.05) is 13.1 Å². The zero-order valence-electron chi connectivity index (χ0n) is 14.4. The van der Waals surface area contributed by atoms with Gasteiger partial charge in [0.05, 0.1) is 19.3 Å². The van der Waals surface area contributed by atoms with E-state index in [4.69, 9.17) is 9.15 Å². The molecule has 0 unspecified atom stereocenters. The van der Waals surface area contributed by atoms with Gasteiger partial charge in [-0.3, -0.25) is 4.79 Å². The number of hydrogen-bond acceptors (Lipinski definition) is 6. The maximum atomic E-state index is 12.3. The van der Waals surface area contributed by atoms with Crippen molar-refractivity contribution in [2.24, 2.45) is 0 Å². The Balaban J connectivity index is 1.50. The normalized spacial score (nSPS) is 15.0. The van der Waals surface area contributed by atoms with Crippen molar-refractivity contribution in [3.8, 4) is 5.75 Å². The molecule has 0 bridgehead atoms. The maximum Gasteiger partial charge on any atom is 0.277 e. The van der Waals surface area contributed by atoms with Gasteiger partial charge in [-0.25, -0.2) is 0 Å². The number of methoxy groups -OCH3 is 1. The molecule has 25 heavy (non-hydrogen) atoms. The maximum absolute atomic E-state index is 12.3. The van der Waals surface area contributed by atoms with Gasteiger partial charge in [-0.15, -0.1) is 10.2 Å². The lowest BCUT2D eigenvalue weighted by Crippen LogP contribution is -2.33. The first-order valence-electron chi connectivity index (χ1n) is 8.60. The third-order valence-corrected chi connectivity index (χ3v) is 5.04. The van der Waals surface area contributed by atoms with Crippen LogP contribution in [-0.4, -0.2) is 47.0 Å². The molecule has 0 N–H and O–H groups in total. The van der Waals surface area contributed by atoms with Crippen LogP contribution in [0.5, 0.6) is 5.75 Å². The molecule has 0 radical (unpaired) electrons. The van der Waals surface area contributed by atoms with Gasteiger partial charge in [0.25, 0.3) is 5.22 Å². The third-order valence-electron chi connectivity index (χ3n) is 4.24.